The topological polar surface area (TPSA) is 43.4 Å². The Morgan fingerprint density at radius 2 is 1.64 bits per heavy atom. The number of benzene rings is 2. The van der Waals surface area contributed by atoms with Crippen molar-refractivity contribution < 1.29 is 14.3 Å². The molecule has 112 valence electrons. The molecule has 0 heterocycles. The van der Waals surface area contributed by atoms with Gasteiger partial charge in [-0.15, -0.1) is 0 Å². The summed E-state index contributed by atoms with van der Waals surface area (Å²) in [6.07, 6.45) is 1.55. The highest BCUT2D eigenvalue weighted by Gasteiger charge is 2.52. The smallest absolute Gasteiger partial charge is 0.317 e. The van der Waals surface area contributed by atoms with E-state index in [2.05, 4.69) is 15.9 Å². The van der Waals surface area contributed by atoms with Gasteiger partial charge in [-0.1, -0.05) is 64.5 Å². The summed E-state index contributed by atoms with van der Waals surface area (Å²) in [5, 5.41) is 0. The van der Waals surface area contributed by atoms with Crippen LogP contribution in [0.2, 0.25) is 0 Å². The molecule has 0 bridgehead atoms. The molecule has 0 atom stereocenters. The Bertz CT molecular complexity index is 705. The van der Waals surface area contributed by atoms with Crippen LogP contribution >= 0.6 is 15.9 Å². The molecule has 2 aromatic carbocycles. The Morgan fingerprint density at radius 3 is 2.27 bits per heavy atom. The van der Waals surface area contributed by atoms with E-state index >= 15 is 0 Å². The van der Waals surface area contributed by atoms with Crippen LogP contribution in [0.4, 0.5) is 0 Å². The molecule has 0 aliphatic heterocycles. The van der Waals surface area contributed by atoms with E-state index in [1.54, 1.807) is 18.2 Å². The summed E-state index contributed by atoms with van der Waals surface area (Å²) < 4.78 is 5.99. The average molecular weight is 359 g/mol. The molecular weight excluding hydrogens is 344 g/mol. The fourth-order valence-corrected chi connectivity index (χ4v) is 3.03. The molecule has 0 unspecified atom stereocenters. The molecular formula is C18H15BrO3. The number of hydrogen-bond donors (Lipinski definition) is 0. The molecule has 0 amide bonds. The van der Waals surface area contributed by atoms with Crippen molar-refractivity contribution in [3.63, 3.8) is 0 Å². The molecule has 1 aliphatic rings. The molecule has 2 aromatic rings. The fourth-order valence-electron chi connectivity index (χ4n) is 2.53. The van der Waals surface area contributed by atoms with E-state index in [9.17, 15) is 9.59 Å². The van der Waals surface area contributed by atoms with Crippen LogP contribution in [0.3, 0.4) is 0 Å². The first kappa shape index (κ1) is 15.0. The summed E-state index contributed by atoms with van der Waals surface area (Å²) in [6.45, 7) is -0.226. The molecule has 0 N–H and O–H groups in total. The number of ether oxygens (including phenoxy) is 1. The van der Waals surface area contributed by atoms with Crippen LogP contribution in [0.15, 0.2) is 59.1 Å². The minimum Gasteiger partial charge on any atom is -0.457 e. The fraction of sp³-hybridized carbons (Fsp3) is 0.222. The predicted octanol–water partition coefficient (Wildman–Crippen LogP) is 3.91. The lowest BCUT2D eigenvalue weighted by molar-refractivity contribution is -0.145. The van der Waals surface area contributed by atoms with Gasteiger partial charge in [0.1, 0.15) is 0 Å². The number of carbonyl (C=O) groups is 2. The van der Waals surface area contributed by atoms with E-state index < -0.39 is 5.41 Å². The summed E-state index contributed by atoms with van der Waals surface area (Å²) in [7, 11) is 0. The van der Waals surface area contributed by atoms with Crippen molar-refractivity contribution in [3.05, 3.63) is 70.2 Å². The first-order chi connectivity index (χ1) is 10.6. The maximum absolute atomic E-state index is 12.4. The minimum absolute atomic E-state index is 0.204. The highest BCUT2D eigenvalue weighted by atomic mass is 79.9. The number of ketones is 1. The number of Topliss-reactive ketones (excluding diaryl/α,β-unsaturated/α-hetero) is 1. The van der Waals surface area contributed by atoms with Gasteiger partial charge in [-0.3, -0.25) is 9.59 Å². The monoisotopic (exact) mass is 358 g/mol. The van der Waals surface area contributed by atoms with Gasteiger partial charge in [0.15, 0.2) is 6.61 Å². The number of rotatable bonds is 5. The third-order valence-electron chi connectivity index (χ3n) is 3.98. The molecule has 0 aromatic heterocycles. The Balaban J connectivity index is 1.66. The third kappa shape index (κ3) is 2.83. The van der Waals surface area contributed by atoms with Crippen LogP contribution < -0.4 is 0 Å². The Hall–Kier alpha value is -1.94. The maximum Gasteiger partial charge on any atom is 0.317 e. The second kappa shape index (κ2) is 6.05. The zero-order valence-electron chi connectivity index (χ0n) is 11.9. The summed E-state index contributed by atoms with van der Waals surface area (Å²) in [4.78, 5) is 24.5. The zero-order valence-corrected chi connectivity index (χ0v) is 13.5. The molecule has 1 saturated carbocycles. The van der Waals surface area contributed by atoms with Gasteiger partial charge in [-0.05, 0) is 24.5 Å². The molecule has 0 saturated heterocycles. The molecule has 4 heteroatoms. The molecule has 0 spiro atoms. The van der Waals surface area contributed by atoms with Crippen molar-refractivity contribution in [1.29, 1.82) is 0 Å². The zero-order chi connectivity index (χ0) is 15.6. The van der Waals surface area contributed by atoms with E-state index in [1.165, 1.54) is 0 Å². The van der Waals surface area contributed by atoms with Crippen molar-refractivity contribution in [2.45, 2.75) is 18.3 Å². The Kier molecular flexibility index (Phi) is 4.12. The third-order valence-corrected chi connectivity index (χ3v) is 4.67. The molecule has 3 rings (SSSR count). The van der Waals surface area contributed by atoms with Gasteiger partial charge < -0.3 is 4.74 Å². The first-order valence-electron chi connectivity index (χ1n) is 7.14. The summed E-state index contributed by atoms with van der Waals surface area (Å²) in [5.74, 6) is -0.510. The predicted molar refractivity (Wildman–Crippen MR) is 86.8 cm³/mol. The van der Waals surface area contributed by atoms with Crippen LogP contribution in [0.25, 0.3) is 0 Å². The number of carbonyl (C=O) groups excluding carboxylic acids is 2. The van der Waals surface area contributed by atoms with Crippen LogP contribution in [-0.4, -0.2) is 18.4 Å². The lowest BCUT2D eigenvalue weighted by Crippen LogP contribution is -2.25. The van der Waals surface area contributed by atoms with Crippen molar-refractivity contribution in [3.8, 4) is 0 Å². The lowest BCUT2D eigenvalue weighted by atomic mass is 9.96. The number of esters is 1. The minimum atomic E-state index is -0.546. The van der Waals surface area contributed by atoms with Gasteiger partial charge in [0.05, 0.1) is 5.41 Å². The van der Waals surface area contributed by atoms with E-state index in [0.29, 0.717) is 10.0 Å². The summed E-state index contributed by atoms with van der Waals surface area (Å²) >= 11 is 3.33. The van der Waals surface area contributed by atoms with Gasteiger partial charge in [-0.25, -0.2) is 0 Å². The normalized spacial score (nSPS) is 15.1. The average Bonchev–Trinajstić information content (AvgIpc) is 3.35. The van der Waals surface area contributed by atoms with Gasteiger partial charge in [0, 0.05) is 10.0 Å². The molecule has 22 heavy (non-hydrogen) atoms. The highest BCUT2D eigenvalue weighted by Crippen LogP contribution is 2.49. The van der Waals surface area contributed by atoms with Crippen LogP contribution in [-0.2, 0) is 14.9 Å². The van der Waals surface area contributed by atoms with E-state index in [4.69, 9.17) is 4.74 Å². The molecule has 1 aliphatic carbocycles. The highest BCUT2D eigenvalue weighted by molar-refractivity contribution is 9.10. The van der Waals surface area contributed by atoms with Gasteiger partial charge >= 0.3 is 5.97 Å². The summed E-state index contributed by atoms with van der Waals surface area (Å²) in [5.41, 5.74) is 0.948. The number of hydrogen-bond acceptors (Lipinski definition) is 3. The SMILES string of the molecule is O=C(COC(=O)C1(c2ccccc2)CC1)c1ccccc1Br. The Labute approximate surface area is 137 Å². The second-order valence-corrected chi connectivity index (χ2v) is 6.28. The van der Waals surface area contributed by atoms with Crippen molar-refractivity contribution in [2.24, 2.45) is 0 Å². The molecule has 3 nitrogen and oxygen atoms in total. The van der Waals surface area contributed by atoms with Gasteiger partial charge in [0.25, 0.3) is 0 Å². The maximum atomic E-state index is 12.4. The lowest BCUT2D eigenvalue weighted by Gasteiger charge is -2.14. The second-order valence-electron chi connectivity index (χ2n) is 5.43. The van der Waals surface area contributed by atoms with E-state index in [1.807, 2.05) is 36.4 Å². The number of halogens is 1. The van der Waals surface area contributed by atoms with E-state index in [0.717, 1.165) is 18.4 Å². The van der Waals surface area contributed by atoms with Crippen molar-refractivity contribution >= 4 is 27.7 Å². The van der Waals surface area contributed by atoms with Crippen molar-refractivity contribution in [2.75, 3.05) is 6.61 Å². The molecule has 0 radical (unpaired) electrons. The van der Waals surface area contributed by atoms with Crippen LogP contribution in [0, 0.1) is 0 Å². The van der Waals surface area contributed by atoms with Crippen molar-refractivity contribution in [1.82, 2.24) is 0 Å². The quantitative estimate of drug-likeness (QED) is 0.601. The van der Waals surface area contributed by atoms with Crippen LogP contribution in [0.1, 0.15) is 28.8 Å². The van der Waals surface area contributed by atoms with Gasteiger partial charge in [-0.2, -0.15) is 0 Å². The molecule has 1 fully saturated rings. The first-order valence-corrected chi connectivity index (χ1v) is 7.93. The summed E-state index contributed by atoms with van der Waals surface area (Å²) in [6, 6.07) is 16.7. The van der Waals surface area contributed by atoms with Crippen LogP contribution in [0.5, 0.6) is 0 Å². The van der Waals surface area contributed by atoms with Gasteiger partial charge in [0.2, 0.25) is 5.78 Å². The van der Waals surface area contributed by atoms with E-state index in [-0.39, 0.29) is 18.4 Å². The largest absolute Gasteiger partial charge is 0.457 e. The Morgan fingerprint density at radius 1 is 1.00 bits per heavy atom. The standard InChI is InChI=1S/C18H15BrO3/c19-15-9-5-4-8-14(15)16(20)12-22-17(21)18(10-11-18)13-6-2-1-3-7-13/h1-9H,10-12H2.